The van der Waals surface area contributed by atoms with Gasteiger partial charge in [-0.1, -0.05) is 0 Å². The van der Waals surface area contributed by atoms with Crippen LogP contribution in [0.1, 0.15) is 17.4 Å². The maximum absolute atomic E-state index is 12.4. The van der Waals surface area contributed by atoms with E-state index in [-0.39, 0.29) is 5.91 Å². The Kier molecular flexibility index (Phi) is 4.09. The van der Waals surface area contributed by atoms with Gasteiger partial charge in [-0.15, -0.1) is 0 Å². The number of aryl methyl sites for hydroxylation is 1. The van der Waals surface area contributed by atoms with Crippen LogP contribution in [0.3, 0.4) is 0 Å². The van der Waals surface area contributed by atoms with Gasteiger partial charge in [-0.3, -0.25) is 4.79 Å². The molecule has 5 heteroatoms. The quantitative estimate of drug-likeness (QED) is 0.759. The molecule has 4 nitrogen and oxygen atoms in total. The Balaban J connectivity index is 2.13. The number of piperazine rings is 1. The number of hydrogen-bond acceptors (Lipinski definition) is 2. The van der Waals surface area contributed by atoms with Crippen molar-refractivity contribution in [3.05, 3.63) is 21.5 Å². The number of nitrogens with zero attached hydrogens (tertiary/aromatic N) is 3. The van der Waals surface area contributed by atoms with E-state index in [1.807, 2.05) is 21.7 Å². The van der Waals surface area contributed by atoms with Gasteiger partial charge in [0.2, 0.25) is 0 Å². The van der Waals surface area contributed by atoms with Gasteiger partial charge in [-0.05, 0) is 42.6 Å². The fourth-order valence-corrected chi connectivity index (χ4v) is 2.72. The van der Waals surface area contributed by atoms with Crippen LogP contribution in [0.5, 0.6) is 0 Å². The highest BCUT2D eigenvalue weighted by Crippen LogP contribution is 2.14. The van der Waals surface area contributed by atoms with Crippen LogP contribution in [0.25, 0.3) is 0 Å². The molecule has 1 fully saturated rings. The highest BCUT2D eigenvalue weighted by molar-refractivity contribution is 14.1. The summed E-state index contributed by atoms with van der Waals surface area (Å²) in [6.45, 7) is 6.52. The summed E-state index contributed by atoms with van der Waals surface area (Å²) >= 11 is 2.26. The molecule has 1 aliphatic heterocycles. The first-order valence-corrected chi connectivity index (χ1v) is 7.03. The van der Waals surface area contributed by atoms with Crippen molar-refractivity contribution in [2.75, 3.05) is 33.2 Å². The minimum Gasteiger partial charge on any atom is -0.343 e. The van der Waals surface area contributed by atoms with Crippen LogP contribution in [0, 0.1) is 3.57 Å². The summed E-state index contributed by atoms with van der Waals surface area (Å²) in [5, 5.41) is 0. The molecule has 1 aromatic rings. The first kappa shape index (κ1) is 12.9. The summed E-state index contributed by atoms with van der Waals surface area (Å²) in [6.07, 6.45) is 2.03. The van der Waals surface area contributed by atoms with Crippen molar-refractivity contribution in [1.29, 1.82) is 0 Å². The second-order valence-electron chi connectivity index (χ2n) is 4.43. The van der Waals surface area contributed by atoms with Gasteiger partial charge in [0.15, 0.2) is 0 Å². The van der Waals surface area contributed by atoms with E-state index in [0.29, 0.717) is 0 Å². The van der Waals surface area contributed by atoms with E-state index in [4.69, 9.17) is 0 Å². The predicted molar refractivity (Wildman–Crippen MR) is 76.2 cm³/mol. The van der Waals surface area contributed by atoms with Crippen LogP contribution >= 0.6 is 22.6 Å². The third-order valence-electron chi connectivity index (χ3n) is 3.21. The Labute approximate surface area is 116 Å². The molecule has 0 atom stereocenters. The second-order valence-corrected chi connectivity index (χ2v) is 5.67. The molecule has 0 aliphatic carbocycles. The molecular formula is C12H18IN3O. The summed E-state index contributed by atoms with van der Waals surface area (Å²) in [5.41, 5.74) is 0.821. The van der Waals surface area contributed by atoms with E-state index >= 15 is 0 Å². The zero-order valence-electron chi connectivity index (χ0n) is 10.3. The van der Waals surface area contributed by atoms with Crippen molar-refractivity contribution in [2.24, 2.45) is 0 Å². The maximum atomic E-state index is 12.4. The Bertz CT molecular complexity index is 408. The van der Waals surface area contributed by atoms with Crippen molar-refractivity contribution in [3.8, 4) is 0 Å². The summed E-state index contributed by atoms with van der Waals surface area (Å²) < 4.78 is 3.16. The van der Waals surface area contributed by atoms with E-state index in [1.165, 1.54) is 0 Å². The fraction of sp³-hybridized carbons (Fsp3) is 0.583. The molecule has 2 rings (SSSR count). The number of carbonyl (C=O) groups excluding carboxylic acids is 1. The van der Waals surface area contributed by atoms with Gasteiger partial charge in [0.1, 0.15) is 5.69 Å². The number of carbonyl (C=O) groups is 1. The Morgan fingerprint density at radius 2 is 2.00 bits per heavy atom. The van der Waals surface area contributed by atoms with Crippen LogP contribution in [-0.2, 0) is 6.54 Å². The first-order chi connectivity index (χ1) is 8.11. The highest BCUT2D eigenvalue weighted by atomic mass is 127. The smallest absolute Gasteiger partial charge is 0.270 e. The number of aromatic nitrogens is 1. The van der Waals surface area contributed by atoms with Crippen molar-refractivity contribution in [3.63, 3.8) is 0 Å². The molecule has 0 spiro atoms. The zero-order valence-corrected chi connectivity index (χ0v) is 12.5. The van der Waals surface area contributed by atoms with E-state index in [2.05, 4.69) is 41.5 Å². The van der Waals surface area contributed by atoms with Crippen molar-refractivity contribution in [1.82, 2.24) is 14.4 Å². The van der Waals surface area contributed by atoms with Crippen LogP contribution in [0.2, 0.25) is 0 Å². The van der Waals surface area contributed by atoms with E-state index < -0.39 is 0 Å². The minimum absolute atomic E-state index is 0.169. The predicted octanol–water partition coefficient (Wildman–Crippen LogP) is 1.50. The van der Waals surface area contributed by atoms with Crippen molar-refractivity contribution >= 4 is 28.5 Å². The molecule has 1 aromatic heterocycles. The molecule has 17 heavy (non-hydrogen) atoms. The lowest BCUT2D eigenvalue weighted by molar-refractivity contribution is 0.0653. The average molecular weight is 347 g/mol. The van der Waals surface area contributed by atoms with Gasteiger partial charge >= 0.3 is 0 Å². The number of likely N-dealkylation sites (N-methyl/N-ethyl adjacent to an activating group) is 1. The van der Waals surface area contributed by atoms with Crippen LogP contribution in [0.4, 0.5) is 0 Å². The SMILES string of the molecule is CCn1cc(I)cc1C(=O)N1CCN(C)CC1. The molecular weight excluding hydrogens is 329 g/mol. The van der Waals surface area contributed by atoms with Crippen molar-refractivity contribution in [2.45, 2.75) is 13.5 Å². The van der Waals surface area contributed by atoms with Gasteiger partial charge in [-0.25, -0.2) is 0 Å². The molecule has 0 unspecified atom stereocenters. The topological polar surface area (TPSA) is 28.5 Å². The number of hydrogen-bond donors (Lipinski definition) is 0. The van der Waals surface area contributed by atoms with Gasteiger partial charge in [0.25, 0.3) is 5.91 Å². The van der Waals surface area contributed by atoms with E-state index in [1.54, 1.807) is 0 Å². The lowest BCUT2D eigenvalue weighted by Crippen LogP contribution is -2.47. The lowest BCUT2D eigenvalue weighted by atomic mass is 10.3. The Hall–Kier alpha value is -0.560. The molecule has 0 saturated carbocycles. The molecule has 1 saturated heterocycles. The van der Waals surface area contributed by atoms with E-state index in [0.717, 1.165) is 42.0 Å². The minimum atomic E-state index is 0.169. The van der Waals surface area contributed by atoms with Gasteiger partial charge < -0.3 is 14.4 Å². The largest absolute Gasteiger partial charge is 0.343 e. The first-order valence-electron chi connectivity index (χ1n) is 5.95. The zero-order chi connectivity index (χ0) is 12.4. The molecule has 1 aliphatic rings. The maximum Gasteiger partial charge on any atom is 0.270 e. The third-order valence-corrected chi connectivity index (χ3v) is 3.80. The fourth-order valence-electron chi connectivity index (χ4n) is 2.09. The van der Waals surface area contributed by atoms with Crippen LogP contribution in [0.15, 0.2) is 12.3 Å². The molecule has 0 N–H and O–H groups in total. The molecule has 0 aromatic carbocycles. The normalized spacial score (nSPS) is 17.5. The molecule has 0 radical (unpaired) electrons. The summed E-state index contributed by atoms with van der Waals surface area (Å²) in [7, 11) is 2.10. The average Bonchev–Trinajstić information content (AvgIpc) is 2.70. The Morgan fingerprint density at radius 3 is 2.59 bits per heavy atom. The van der Waals surface area contributed by atoms with Gasteiger partial charge in [0, 0.05) is 42.5 Å². The van der Waals surface area contributed by atoms with Gasteiger partial charge in [-0.2, -0.15) is 0 Å². The molecule has 0 bridgehead atoms. The second kappa shape index (κ2) is 5.39. The number of halogens is 1. The number of rotatable bonds is 2. The van der Waals surface area contributed by atoms with Crippen molar-refractivity contribution < 1.29 is 4.79 Å². The van der Waals surface area contributed by atoms with E-state index in [9.17, 15) is 4.79 Å². The standard InChI is InChI=1S/C12H18IN3O/c1-3-15-9-10(13)8-11(15)12(17)16-6-4-14(2)5-7-16/h8-9H,3-7H2,1-2H3. The molecule has 94 valence electrons. The highest BCUT2D eigenvalue weighted by Gasteiger charge is 2.22. The van der Waals surface area contributed by atoms with Gasteiger partial charge in [0.05, 0.1) is 0 Å². The Morgan fingerprint density at radius 1 is 1.35 bits per heavy atom. The molecule has 1 amide bonds. The summed E-state index contributed by atoms with van der Waals surface area (Å²) in [6, 6.07) is 1.98. The lowest BCUT2D eigenvalue weighted by Gasteiger charge is -2.32. The summed E-state index contributed by atoms with van der Waals surface area (Å²) in [4.78, 5) is 16.6. The number of amides is 1. The summed E-state index contributed by atoms with van der Waals surface area (Å²) in [5.74, 6) is 0.169. The van der Waals surface area contributed by atoms with Crippen LogP contribution < -0.4 is 0 Å². The molecule has 2 heterocycles. The van der Waals surface area contributed by atoms with Crippen LogP contribution in [-0.4, -0.2) is 53.5 Å². The monoisotopic (exact) mass is 347 g/mol. The third kappa shape index (κ3) is 2.82.